The molecule has 1 aromatic carbocycles. The first-order valence-electron chi connectivity index (χ1n) is 7.18. The van der Waals surface area contributed by atoms with Gasteiger partial charge in [0, 0.05) is 43.5 Å². The van der Waals surface area contributed by atoms with Crippen LogP contribution in [-0.4, -0.2) is 32.3 Å². The fraction of sp³-hybridized carbons (Fsp3) is 0.533. The molecule has 2 heterocycles. The second kappa shape index (κ2) is 6.24. The highest BCUT2D eigenvalue weighted by Crippen LogP contribution is 2.25. The van der Waals surface area contributed by atoms with Gasteiger partial charge in [0.1, 0.15) is 12.4 Å². The predicted molar refractivity (Wildman–Crippen MR) is 75.8 cm³/mol. The Bertz CT molecular complexity index is 484. The molecule has 20 heavy (non-hydrogen) atoms. The summed E-state index contributed by atoms with van der Waals surface area (Å²) in [6.07, 6.45) is 1.61. The zero-order chi connectivity index (χ0) is 13.8. The minimum Gasteiger partial charge on any atom is -0.492 e. The normalized spacial score (nSPS) is 19.6. The van der Waals surface area contributed by atoms with Gasteiger partial charge in [-0.1, -0.05) is 0 Å². The molecular formula is C15H20N2O3. The Morgan fingerprint density at radius 2 is 2.10 bits per heavy atom. The highest BCUT2D eigenvalue weighted by atomic mass is 16.5. The van der Waals surface area contributed by atoms with Crippen LogP contribution in [0.15, 0.2) is 18.2 Å². The first kappa shape index (κ1) is 13.4. The van der Waals surface area contributed by atoms with Crippen LogP contribution in [0.4, 0.5) is 5.69 Å². The average molecular weight is 276 g/mol. The van der Waals surface area contributed by atoms with E-state index in [-0.39, 0.29) is 11.8 Å². The molecule has 108 valence electrons. The van der Waals surface area contributed by atoms with Gasteiger partial charge in [0.05, 0.1) is 0 Å². The molecule has 0 bridgehead atoms. The quantitative estimate of drug-likeness (QED) is 0.860. The maximum atomic E-state index is 12.2. The van der Waals surface area contributed by atoms with Crippen molar-refractivity contribution in [1.82, 2.24) is 5.32 Å². The fourth-order valence-corrected chi connectivity index (χ4v) is 2.60. The van der Waals surface area contributed by atoms with Crippen molar-refractivity contribution in [1.29, 1.82) is 0 Å². The van der Waals surface area contributed by atoms with Gasteiger partial charge in [-0.15, -0.1) is 0 Å². The number of hydrogen-bond acceptors (Lipinski definition) is 4. The van der Waals surface area contributed by atoms with Crippen molar-refractivity contribution < 1.29 is 14.3 Å². The van der Waals surface area contributed by atoms with Gasteiger partial charge in [0.25, 0.3) is 0 Å². The molecule has 2 aliphatic heterocycles. The molecule has 0 radical (unpaired) electrons. The van der Waals surface area contributed by atoms with E-state index < -0.39 is 0 Å². The molecule has 0 saturated carbocycles. The van der Waals surface area contributed by atoms with E-state index in [2.05, 4.69) is 10.6 Å². The van der Waals surface area contributed by atoms with E-state index in [4.69, 9.17) is 9.47 Å². The molecule has 5 heteroatoms. The molecule has 3 rings (SSSR count). The van der Waals surface area contributed by atoms with Crippen LogP contribution in [-0.2, 0) is 16.1 Å². The Hall–Kier alpha value is -1.59. The van der Waals surface area contributed by atoms with Gasteiger partial charge in [-0.25, -0.2) is 0 Å². The van der Waals surface area contributed by atoms with Gasteiger partial charge in [0.2, 0.25) is 5.91 Å². The van der Waals surface area contributed by atoms with Crippen LogP contribution in [0.5, 0.6) is 5.75 Å². The van der Waals surface area contributed by atoms with E-state index in [1.165, 1.54) is 0 Å². The highest BCUT2D eigenvalue weighted by molar-refractivity contribution is 5.92. The van der Waals surface area contributed by atoms with E-state index >= 15 is 0 Å². The lowest BCUT2D eigenvalue weighted by Crippen LogP contribution is -2.28. The van der Waals surface area contributed by atoms with Crippen LogP contribution < -0.4 is 15.4 Å². The molecule has 1 aromatic rings. The summed E-state index contributed by atoms with van der Waals surface area (Å²) >= 11 is 0. The molecule has 1 fully saturated rings. The van der Waals surface area contributed by atoms with E-state index in [0.717, 1.165) is 42.9 Å². The number of ether oxygens (including phenoxy) is 2. The smallest absolute Gasteiger partial charge is 0.227 e. The summed E-state index contributed by atoms with van der Waals surface area (Å²) in [5.41, 5.74) is 1.93. The van der Waals surface area contributed by atoms with E-state index in [1.54, 1.807) is 0 Å². The molecule has 5 nitrogen and oxygen atoms in total. The summed E-state index contributed by atoms with van der Waals surface area (Å²) in [5.74, 6) is 1.06. The van der Waals surface area contributed by atoms with Gasteiger partial charge in [0.15, 0.2) is 0 Å². The van der Waals surface area contributed by atoms with Crippen LogP contribution >= 0.6 is 0 Å². The first-order valence-corrected chi connectivity index (χ1v) is 7.18. The number of benzene rings is 1. The second-order valence-corrected chi connectivity index (χ2v) is 5.22. The molecule has 0 aromatic heterocycles. The second-order valence-electron chi connectivity index (χ2n) is 5.22. The Labute approximate surface area is 118 Å². The Kier molecular flexibility index (Phi) is 4.18. The lowest BCUT2D eigenvalue weighted by molar-refractivity contribution is -0.122. The number of rotatable bonds is 2. The third-order valence-corrected chi connectivity index (χ3v) is 3.77. The number of anilines is 1. The van der Waals surface area contributed by atoms with Crippen molar-refractivity contribution in [3.8, 4) is 5.75 Å². The number of carbonyl (C=O) groups excluding carboxylic acids is 1. The molecule has 0 aliphatic carbocycles. The van der Waals surface area contributed by atoms with Crippen molar-refractivity contribution in [2.24, 2.45) is 5.92 Å². The number of nitrogens with one attached hydrogen (secondary N) is 2. The topological polar surface area (TPSA) is 59.6 Å². The lowest BCUT2D eigenvalue weighted by atomic mass is 9.99. The van der Waals surface area contributed by atoms with Crippen LogP contribution in [0.2, 0.25) is 0 Å². The molecule has 1 amide bonds. The first-order chi connectivity index (χ1) is 9.83. The van der Waals surface area contributed by atoms with Crippen molar-refractivity contribution in [2.75, 3.05) is 31.7 Å². The largest absolute Gasteiger partial charge is 0.492 e. The Morgan fingerprint density at radius 3 is 2.95 bits per heavy atom. The van der Waals surface area contributed by atoms with E-state index in [1.807, 2.05) is 18.2 Å². The summed E-state index contributed by atoms with van der Waals surface area (Å²) in [4.78, 5) is 12.2. The molecule has 0 unspecified atom stereocenters. The van der Waals surface area contributed by atoms with Gasteiger partial charge >= 0.3 is 0 Å². The molecule has 0 spiro atoms. The number of carbonyl (C=O) groups is 1. The third kappa shape index (κ3) is 3.11. The number of amides is 1. The van der Waals surface area contributed by atoms with Crippen LogP contribution in [0, 0.1) is 5.92 Å². The van der Waals surface area contributed by atoms with Crippen LogP contribution in [0.1, 0.15) is 18.4 Å². The Morgan fingerprint density at radius 1 is 1.25 bits per heavy atom. The molecule has 0 atom stereocenters. The third-order valence-electron chi connectivity index (χ3n) is 3.77. The predicted octanol–water partition coefficient (Wildman–Crippen LogP) is 1.53. The van der Waals surface area contributed by atoms with Gasteiger partial charge in [-0.3, -0.25) is 4.79 Å². The van der Waals surface area contributed by atoms with Gasteiger partial charge in [-0.05, 0) is 31.0 Å². The van der Waals surface area contributed by atoms with Crippen molar-refractivity contribution in [3.63, 3.8) is 0 Å². The Balaban J connectivity index is 1.68. The van der Waals surface area contributed by atoms with Crippen molar-refractivity contribution in [3.05, 3.63) is 23.8 Å². The summed E-state index contributed by atoms with van der Waals surface area (Å²) in [6.45, 7) is 3.66. The lowest BCUT2D eigenvalue weighted by Gasteiger charge is -2.21. The summed E-state index contributed by atoms with van der Waals surface area (Å²) in [5, 5.41) is 6.30. The zero-order valence-corrected chi connectivity index (χ0v) is 11.5. The fourth-order valence-electron chi connectivity index (χ4n) is 2.60. The minimum absolute atomic E-state index is 0.0666. The van der Waals surface area contributed by atoms with Crippen LogP contribution in [0.3, 0.4) is 0 Å². The number of hydrogen-bond donors (Lipinski definition) is 2. The van der Waals surface area contributed by atoms with Crippen molar-refractivity contribution >= 4 is 11.6 Å². The van der Waals surface area contributed by atoms with Gasteiger partial charge in [-0.2, -0.15) is 0 Å². The molecule has 2 aliphatic rings. The minimum atomic E-state index is 0.0666. The SMILES string of the molecule is O=C(Nc1ccc2c(c1)CNCCO2)C1CCOCC1. The van der Waals surface area contributed by atoms with Crippen molar-refractivity contribution in [2.45, 2.75) is 19.4 Å². The van der Waals surface area contributed by atoms with E-state index in [0.29, 0.717) is 19.8 Å². The monoisotopic (exact) mass is 276 g/mol. The molecule has 2 N–H and O–H groups in total. The zero-order valence-electron chi connectivity index (χ0n) is 11.5. The average Bonchev–Trinajstić information content (AvgIpc) is 2.73. The molecule has 1 saturated heterocycles. The van der Waals surface area contributed by atoms with Crippen LogP contribution in [0.25, 0.3) is 0 Å². The summed E-state index contributed by atoms with van der Waals surface area (Å²) < 4.78 is 10.9. The standard InChI is InChI=1S/C15H20N2O3/c18-15(11-3-6-19-7-4-11)17-13-1-2-14-12(9-13)10-16-5-8-20-14/h1-2,9,11,16H,3-8,10H2,(H,17,18). The molecular weight excluding hydrogens is 256 g/mol. The maximum absolute atomic E-state index is 12.2. The van der Waals surface area contributed by atoms with E-state index in [9.17, 15) is 4.79 Å². The maximum Gasteiger partial charge on any atom is 0.227 e. The number of fused-ring (bicyclic) bond motifs is 1. The highest BCUT2D eigenvalue weighted by Gasteiger charge is 2.21. The summed E-state index contributed by atoms with van der Waals surface area (Å²) in [7, 11) is 0. The summed E-state index contributed by atoms with van der Waals surface area (Å²) in [6, 6.07) is 5.83. The van der Waals surface area contributed by atoms with Gasteiger partial charge < -0.3 is 20.1 Å².